The molecule has 0 unspecified atom stereocenters. The maximum Gasteiger partial charge on any atom is 0.0907 e. The minimum Gasteiger partial charge on any atom is -0.316 e. The van der Waals surface area contributed by atoms with Crippen molar-refractivity contribution in [2.24, 2.45) is 0 Å². The smallest absolute Gasteiger partial charge is 0.0907 e. The summed E-state index contributed by atoms with van der Waals surface area (Å²) in [6.07, 6.45) is 1.13. The second-order valence-electron chi connectivity index (χ2n) is 9.20. The Morgan fingerprint density at radius 1 is 0.474 bits per heavy atom. The molecule has 190 valence electrons. The first-order chi connectivity index (χ1) is 18.9. The highest BCUT2D eigenvalue weighted by atomic mass is 32.2. The molecule has 38 heavy (non-hydrogen) atoms. The minimum atomic E-state index is -0.372. The zero-order valence-electron chi connectivity index (χ0n) is 21.6. The van der Waals surface area contributed by atoms with E-state index in [1.165, 1.54) is 27.3 Å². The largest absolute Gasteiger partial charge is 0.316 e. The molecule has 0 amide bonds. The Balaban J connectivity index is 1.30. The average molecular weight is 532 g/mol. The molecule has 5 aromatic rings. The van der Waals surface area contributed by atoms with Gasteiger partial charge in [-0.3, -0.25) is 0 Å². The van der Waals surface area contributed by atoms with E-state index in [4.69, 9.17) is 0 Å². The maximum atomic E-state index is 3.78. The predicted octanol–water partition coefficient (Wildman–Crippen LogP) is 7.43. The molecule has 1 N–H and O–H groups in total. The van der Waals surface area contributed by atoms with Gasteiger partial charge in [0.2, 0.25) is 0 Å². The SMILES string of the molecule is c1ccc(P(CCNCCSC(c2ccccc2)(c2ccccc2)c2ccccc2)c2ccccc2)cc1. The topological polar surface area (TPSA) is 12.0 Å². The van der Waals surface area contributed by atoms with Gasteiger partial charge >= 0.3 is 0 Å². The number of nitrogens with one attached hydrogen (secondary N) is 1. The number of hydrogen-bond donors (Lipinski definition) is 1. The second kappa shape index (κ2) is 13.6. The van der Waals surface area contributed by atoms with Gasteiger partial charge in [0.25, 0.3) is 0 Å². The first-order valence-electron chi connectivity index (χ1n) is 13.3. The molecule has 0 heterocycles. The summed E-state index contributed by atoms with van der Waals surface area (Å²) >= 11 is 2.02. The lowest BCUT2D eigenvalue weighted by molar-refractivity contribution is 0.769. The summed E-state index contributed by atoms with van der Waals surface area (Å²) in [6, 6.07) is 54.9. The van der Waals surface area contributed by atoms with E-state index in [-0.39, 0.29) is 12.7 Å². The Hall–Kier alpha value is -3.16. The van der Waals surface area contributed by atoms with Crippen molar-refractivity contribution in [2.45, 2.75) is 4.75 Å². The molecule has 0 saturated heterocycles. The van der Waals surface area contributed by atoms with Crippen LogP contribution in [0.15, 0.2) is 152 Å². The lowest BCUT2D eigenvalue weighted by Crippen LogP contribution is -2.29. The molecule has 0 aromatic heterocycles. The summed E-state index contributed by atoms with van der Waals surface area (Å²) in [7, 11) is -0.372. The van der Waals surface area contributed by atoms with Gasteiger partial charge in [-0.15, -0.1) is 11.8 Å². The first-order valence-corrected chi connectivity index (χ1v) is 15.8. The molecule has 0 fully saturated rings. The number of thioether (sulfide) groups is 1. The van der Waals surface area contributed by atoms with Gasteiger partial charge in [-0.05, 0) is 47.9 Å². The summed E-state index contributed by atoms with van der Waals surface area (Å²) in [5.41, 5.74) is 3.96. The minimum absolute atomic E-state index is 0.258. The summed E-state index contributed by atoms with van der Waals surface area (Å²) < 4.78 is -0.258. The van der Waals surface area contributed by atoms with Gasteiger partial charge in [0.15, 0.2) is 0 Å². The Morgan fingerprint density at radius 3 is 1.24 bits per heavy atom. The van der Waals surface area contributed by atoms with Crippen LogP contribution in [0.5, 0.6) is 0 Å². The normalized spacial score (nSPS) is 11.5. The van der Waals surface area contributed by atoms with E-state index in [2.05, 4.69) is 157 Å². The van der Waals surface area contributed by atoms with Crippen molar-refractivity contribution in [1.82, 2.24) is 5.32 Å². The Bertz CT molecular complexity index is 1210. The Labute approximate surface area is 233 Å². The Kier molecular flexibility index (Phi) is 9.45. The van der Waals surface area contributed by atoms with Crippen LogP contribution in [0.2, 0.25) is 0 Å². The summed E-state index contributed by atoms with van der Waals surface area (Å²) in [5.74, 6) is 1.01. The fraction of sp³-hybridized carbons (Fsp3) is 0.143. The predicted molar refractivity (Wildman–Crippen MR) is 168 cm³/mol. The van der Waals surface area contributed by atoms with Crippen LogP contribution in [-0.2, 0) is 4.75 Å². The molecule has 3 heteroatoms. The molecule has 0 aliphatic rings. The molecule has 1 nitrogen and oxygen atoms in total. The van der Waals surface area contributed by atoms with Gasteiger partial charge < -0.3 is 5.32 Å². The van der Waals surface area contributed by atoms with Crippen LogP contribution in [0.1, 0.15) is 16.7 Å². The molecule has 0 aliphatic heterocycles. The van der Waals surface area contributed by atoms with Crippen LogP contribution >= 0.6 is 19.7 Å². The first kappa shape index (κ1) is 26.4. The van der Waals surface area contributed by atoms with Crippen LogP contribution in [0, 0.1) is 0 Å². The third-order valence-electron chi connectivity index (χ3n) is 6.79. The average Bonchev–Trinajstić information content (AvgIpc) is 3.01. The van der Waals surface area contributed by atoms with Gasteiger partial charge in [-0.2, -0.15) is 0 Å². The molecule has 0 bridgehead atoms. The van der Waals surface area contributed by atoms with Crippen molar-refractivity contribution in [1.29, 1.82) is 0 Å². The monoisotopic (exact) mass is 531 g/mol. The fourth-order valence-electron chi connectivity index (χ4n) is 4.98. The van der Waals surface area contributed by atoms with E-state index in [9.17, 15) is 0 Å². The number of benzene rings is 5. The zero-order valence-corrected chi connectivity index (χ0v) is 23.3. The van der Waals surface area contributed by atoms with Crippen LogP contribution < -0.4 is 15.9 Å². The summed E-state index contributed by atoms with van der Waals surface area (Å²) in [6.45, 7) is 1.97. The van der Waals surface area contributed by atoms with Crippen LogP contribution in [0.3, 0.4) is 0 Å². The summed E-state index contributed by atoms with van der Waals surface area (Å²) in [5, 5.41) is 6.67. The second-order valence-corrected chi connectivity index (χ2v) is 12.8. The molecule has 5 aromatic carbocycles. The van der Waals surface area contributed by atoms with Gasteiger partial charge in [0, 0.05) is 12.3 Å². The third kappa shape index (κ3) is 6.27. The molecule has 0 aliphatic carbocycles. The quantitative estimate of drug-likeness (QED) is 0.102. The maximum absolute atomic E-state index is 3.78. The van der Waals surface area contributed by atoms with Gasteiger partial charge in [-0.25, -0.2) is 0 Å². The zero-order chi connectivity index (χ0) is 25.9. The van der Waals surface area contributed by atoms with E-state index in [1.54, 1.807) is 0 Å². The number of rotatable bonds is 12. The van der Waals surface area contributed by atoms with Crippen molar-refractivity contribution in [3.05, 3.63) is 168 Å². The van der Waals surface area contributed by atoms with Crippen molar-refractivity contribution in [3.8, 4) is 0 Å². The molecule has 0 spiro atoms. The highest BCUT2D eigenvalue weighted by Gasteiger charge is 2.36. The lowest BCUT2D eigenvalue weighted by Gasteiger charge is -2.35. The lowest BCUT2D eigenvalue weighted by atomic mass is 9.84. The number of hydrogen-bond acceptors (Lipinski definition) is 2. The fourth-order valence-corrected chi connectivity index (χ4v) is 8.71. The highest BCUT2D eigenvalue weighted by molar-refractivity contribution is 8.00. The molecular weight excluding hydrogens is 497 g/mol. The van der Waals surface area contributed by atoms with Crippen molar-refractivity contribution in [3.63, 3.8) is 0 Å². The highest BCUT2D eigenvalue weighted by Crippen LogP contribution is 2.48. The Morgan fingerprint density at radius 2 is 0.842 bits per heavy atom. The van der Waals surface area contributed by atoms with Crippen molar-refractivity contribution < 1.29 is 0 Å². The van der Waals surface area contributed by atoms with Crippen LogP contribution in [0.25, 0.3) is 0 Å². The van der Waals surface area contributed by atoms with Gasteiger partial charge in [0.1, 0.15) is 0 Å². The standard InChI is InChI=1S/C35H34NPS/c1-6-16-30(17-7-1)35(31-18-8-2-9-19-31,32-20-10-3-11-21-32)38-29-27-36-26-28-37(33-22-12-4-13-23-33)34-24-14-5-15-25-34/h1-25,36H,26-29H2. The summed E-state index contributed by atoms with van der Waals surface area (Å²) in [4.78, 5) is 0. The van der Waals surface area contributed by atoms with E-state index in [0.29, 0.717) is 0 Å². The van der Waals surface area contributed by atoms with E-state index in [1.807, 2.05) is 11.8 Å². The third-order valence-corrected chi connectivity index (χ3v) is 10.8. The van der Waals surface area contributed by atoms with E-state index in [0.717, 1.165) is 25.0 Å². The van der Waals surface area contributed by atoms with E-state index >= 15 is 0 Å². The van der Waals surface area contributed by atoms with Gasteiger partial charge in [0.05, 0.1) is 4.75 Å². The molecular formula is C35H34NPS. The van der Waals surface area contributed by atoms with Crippen LogP contribution in [-0.4, -0.2) is 25.0 Å². The molecule has 0 atom stereocenters. The van der Waals surface area contributed by atoms with Crippen molar-refractivity contribution >= 4 is 30.3 Å². The van der Waals surface area contributed by atoms with Crippen LogP contribution in [0.4, 0.5) is 0 Å². The van der Waals surface area contributed by atoms with Crippen molar-refractivity contribution in [2.75, 3.05) is 25.0 Å². The molecule has 0 radical (unpaired) electrons. The molecule has 0 saturated carbocycles. The molecule has 5 rings (SSSR count). The van der Waals surface area contributed by atoms with Gasteiger partial charge in [-0.1, -0.05) is 152 Å². The van der Waals surface area contributed by atoms with E-state index < -0.39 is 0 Å².